The third kappa shape index (κ3) is 4.67. The predicted octanol–water partition coefficient (Wildman–Crippen LogP) is 5.17. The molecule has 1 aliphatic carbocycles. The minimum absolute atomic E-state index is 0.115. The van der Waals surface area contributed by atoms with Gasteiger partial charge in [-0.15, -0.1) is 0 Å². The van der Waals surface area contributed by atoms with Crippen LogP contribution < -0.4 is 10.1 Å². The van der Waals surface area contributed by atoms with Gasteiger partial charge in [0.2, 0.25) is 0 Å². The first-order valence-corrected chi connectivity index (χ1v) is 12.0. The number of furan rings is 1. The van der Waals surface area contributed by atoms with Crippen LogP contribution in [-0.4, -0.2) is 20.0 Å². The molecule has 166 valence electrons. The molecule has 1 aliphatic rings. The van der Waals surface area contributed by atoms with E-state index in [2.05, 4.69) is 15.2 Å². The Bertz CT molecular complexity index is 1300. The third-order valence-corrected chi connectivity index (χ3v) is 6.67. The first-order chi connectivity index (χ1) is 15.2. The summed E-state index contributed by atoms with van der Waals surface area (Å²) in [5.41, 5.74) is 2.20. The van der Waals surface area contributed by atoms with E-state index in [-0.39, 0.29) is 10.7 Å². The number of nitrogens with zero attached hydrogens (tertiary/aromatic N) is 1. The fraction of sp³-hybridized carbons (Fsp3) is 0.182. The fourth-order valence-corrected chi connectivity index (χ4v) is 4.96. The number of fused-ring (bicyclic) bond motifs is 1. The molecule has 4 rings (SSSR count). The second-order valence-corrected chi connectivity index (χ2v) is 9.82. The number of hydrazone groups is 1. The largest absolute Gasteiger partial charge is 0.455 e. The molecule has 0 atom stereocenters. The summed E-state index contributed by atoms with van der Waals surface area (Å²) in [5.74, 6) is 0.270. The van der Waals surface area contributed by atoms with Gasteiger partial charge in [0.1, 0.15) is 5.76 Å². The van der Waals surface area contributed by atoms with Crippen molar-refractivity contribution in [1.82, 2.24) is 4.83 Å². The maximum Gasteiger partial charge on any atom is 0.291 e. The molecule has 0 saturated carbocycles. The number of aryl methyl sites for hydroxylation is 1. The fourth-order valence-electron chi connectivity index (χ4n) is 3.58. The van der Waals surface area contributed by atoms with Gasteiger partial charge < -0.3 is 9.73 Å². The lowest BCUT2D eigenvalue weighted by molar-refractivity contribution is 0.0994. The van der Waals surface area contributed by atoms with E-state index in [9.17, 15) is 13.2 Å². The lowest BCUT2D eigenvalue weighted by atomic mass is 9.93. The summed E-state index contributed by atoms with van der Waals surface area (Å²) in [4.78, 5) is 15.2. The summed E-state index contributed by atoms with van der Waals surface area (Å²) >= 11 is 12.0. The van der Waals surface area contributed by atoms with Gasteiger partial charge in [-0.05, 0) is 50.1 Å². The van der Waals surface area contributed by atoms with Gasteiger partial charge in [-0.3, -0.25) is 4.79 Å². The first kappa shape index (κ1) is 22.4. The Morgan fingerprint density at radius 3 is 2.44 bits per heavy atom. The zero-order valence-electron chi connectivity index (χ0n) is 17.0. The molecule has 2 aromatic carbocycles. The number of anilines is 1. The van der Waals surface area contributed by atoms with E-state index >= 15 is 0 Å². The number of carbonyl (C=O) groups excluding carboxylic acids is 1. The number of benzene rings is 2. The molecule has 0 bridgehead atoms. The lowest BCUT2D eigenvalue weighted by Gasteiger charge is -2.14. The van der Waals surface area contributed by atoms with Crippen LogP contribution in [0.15, 0.2) is 62.9 Å². The summed E-state index contributed by atoms with van der Waals surface area (Å²) in [5, 5.41) is 7.68. The van der Waals surface area contributed by atoms with Crippen molar-refractivity contribution >= 4 is 50.5 Å². The van der Waals surface area contributed by atoms with Crippen molar-refractivity contribution in [1.29, 1.82) is 0 Å². The molecular formula is C22H19Cl2N3O4S. The average Bonchev–Trinajstić information content (AvgIpc) is 3.09. The van der Waals surface area contributed by atoms with Gasteiger partial charge in [-0.1, -0.05) is 41.4 Å². The molecule has 1 amide bonds. The van der Waals surface area contributed by atoms with Crippen LogP contribution in [0.2, 0.25) is 10.0 Å². The number of amides is 1. The van der Waals surface area contributed by atoms with Crippen LogP contribution in [0, 0.1) is 6.92 Å². The van der Waals surface area contributed by atoms with E-state index in [4.69, 9.17) is 27.6 Å². The van der Waals surface area contributed by atoms with Crippen molar-refractivity contribution in [2.75, 3.05) is 5.32 Å². The van der Waals surface area contributed by atoms with E-state index in [1.165, 1.54) is 12.1 Å². The van der Waals surface area contributed by atoms with Crippen LogP contribution in [0.5, 0.6) is 0 Å². The Labute approximate surface area is 195 Å². The molecule has 3 aromatic rings. The van der Waals surface area contributed by atoms with Crippen molar-refractivity contribution in [2.24, 2.45) is 5.10 Å². The number of nitrogens with one attached hydrogen (secondary N) is 2. The summed E-state index contributed by atoms with van der Waals surface area (Å²) in [6.45, 7) is 1.74. The number of hydrogen-bond acceptors (Lipinski definition) is 5. The highest BCUT2D eigenvalue weighted by atomic mass is 35.5. The SMILES string of the molecule is Cc1c(C(=O)Nc2cc(Cl)cc(Cl)c2)oc2c1/C(=N/NS(=O)(=O)c1ccccc1)CCC2. The molecule has 10 heteroatoms. The molecule has 0 spiro atoms. The molecule has 1 aromatic heterocycles. The van der Waals surface area contributed by atoms with E-state index in [0.717, 1.165) is 6.42 Å². The summed E-state index contributed by atoms with van der Waals surface area (Å²) < 4.78 is 30.9. The minimum Gasteiger partial charge on any atom is -0.455 e. The van der Waals surface area contributed by atoms with Crippen LogP contribution in [0.25, 0.3) is 0 Å². The molecule has 0 unspecified atom stereocenters. The van der Waals surface area contributed by atoms with Crippen LogP contribution in [0.4, 0.5) is 5.69 Å². The van der Waals surface area contributed by atoms with E-state index < -0.39 is 15.9 Å². The molecule has 0 fully saturated rings. The molecule has 1 heterocycles. The van der Waals surface area contributed by atoms with Crippen molar-refractivity contribution in [3.63, 3.8) is 0 Å². The smallest absolute Gasteiger partial charge is 0.291 e. The number of halogens is 2. The molecule has 0 aliphatic heterocycles. The van der Waals surface area contributed by atoms with E-state index in [1.807, 2.05) is 0 Å². The molecule has 0 saturated heterocycles. The van der Waals surface area contributed by atoms with Gasteiger partial charge in [0.15, 0.2) is 5.76 Å². The average molecular weight is 492 g/mol. The Morgan fingerprint density at radius 1 is 1.06 bits per heavy atom. The second kappa shape index (κ2) is 8.97. The van der Waals surface area contributed by atoms with Gasteiger partial charge in [0.05, 0.1) is 10.6 Å². The Balaban J connectivity index is 1.61. The molecular weight excluding hydrogens is 473 g/mol. The summed E-state index contributed by atoms with van der Waals surface area (Å²) in [7, 11) is -3.81. The van der Waals surface area contributed by atoms with Gasteiger partial charge >= 0.3 is 0 Å². The van der Waals surface area contributed by atoms with Crippen molar-refractivity contribution in [3.05, 3.63) is 81.2 Å². The van der Waals surface area contributed by atoms with Gasteiger partial charge in [0, 0.05) is 33.3 Å². The highest BCUT2D eigenvalue weighted by molar-refractivity contribution is 7.89. The first-order valence-electron chi connectivity index (χ1n) is 9.78. The number of rotatable bonds is 5. The lowest BCUT2D eigenvalue weighted by Crippen LogP contribution is -2.22. The number of sulfonamides is 1. The van der Waals surface area contributed by atoms with Crippen LogP contribution in [0.3, 0.4) is 0 Å². The second-order valence-electron chi connectivity index (χ2n) is 7.29. The van der Waals surface area contributed by atoms with E-state index in [1.54, 1.807) is 43.3 Å². The molecule has 0 radical (unpaired) electrons. The van der Waals surface area contributed by atoms with Crippen LogP contribution in [-0.2, 0) is 16.4 Å². The highest BCUT2D eigenvalue weighted by Crippen LogP contribution is 2.31. The van der Waals surface area contributed by atoms with Gasteiger partial charge in [-0.2, -0.15) is 18.4 Å². The predicted molar refractivity (Wildman–Crippen MR) is 124 cm³/mol. The zero-order chi connectivity index (χ0) is 22.9. The standard InChI is InChI=1S/C22H19Cl2N3O4S/c1-13-20-18(26-27-32(29,30)17-6-3-2-4-7-17)8-5-9-19(20)31-21(13)22(28)25-16-11-14(23)10-15(24)12-16/h2-4,6-7,10-12,27H,5,8-9H2,1H3,(H,25,28)/b26-18+. The van der Waals surface area contributed by atoms with Crippen molar-refractivity contribution in [2.45, 2.75) is 31.1 Å². The molecule has 2 N–H and O–H groups in total. The third-order valence-electron chi connectivity index (χ3n) is 5.01. The molecule has 7 nitrogen and oxygen atoms in total. The van der Waals surface area contributed by atoms with Crippen LogP contribution in [0.1, 0.15) is 40.3 Å². The highest BCUT2D eigenvalue weighted by Gasteiger charge is 2.28. The minimum atomic E-state index is -3.81. The number of hydrogen-bond donors (Lipinski definition) is 2. The summed E-state index contributed by atoms with van der Waals surface area (Å²) in [6, 6.07) is 12.7. The maximum atomic E-state index is 12.8. The zero-order valence-corrected chi connectivity index (χ0v) is 19.3. The topological polar surface area (TPSA) is 101 Å². The quantitative estimate of drug-likeness (QED) is 0.480. The van der Waals surface area contributed by atoms with Gasteiger partial charge in [-0.25, -0.2) is 0 Å². The normalized spacial score (nSPS) is 14.8. The maximum absolute atomic E-state index is 12.8. The van der Waals surface area contributed by atoms with Crippen LogP contribution >= 0.6 is 23.2 Å². The summed E-state index contributed by atoms with van der Waals surface area (Å²) in [6.07, 6.45) is 1.89. The van der Waals surface area contributed by atoms with Crippen molar-refractivity contribution in [3.8, 4) is 0 Å². The Kier molecular flexibility index (Phi) is 6.28. The molecule has 32 heavy (non-hydrogen) atoms. The Morgan fingerprint density at radius 2 is 1.75 bits per heavy atom. The number of carbonyl (C=O) groups is 1. The van der Waals surface area contributed by atoms with E-state index in [0.29, 0.717) is 51.2 Å². The monoisotopic (exact) mass is 491 g/mol. The Hall–Kier alpha value is -2.81. The van der Waals surface area contributed by atoms with Gasteiger partial charge in [0.25, 0.3) is 15.9 Å². The van der Waals surface area contributed by atoms with Crippen molar-refractivity contribution < 1.29 is 17.6 Å².